The fraction of sp³-hybridized carbons (Fsp3) is 0.273. The molecule has 0 aliphatic carbocycles. The van der Waals surface area contributed by atoms with Gasteiger partial charge in [-0.2, -0.15) is 5.10 Å². The highest BCUT2D eigenvalue weighted by atomic mass is 15.3. The van der Waals surface area contributed by atoms with Gasteiger partial charge >= 0.3 is 0 Å². The number of rotatable bonds is 3. The van der Waals surface area contributed by atoms with Gasteiger partial charge in [-0.15, -0.1) is 0 Å². The van der Waals surface area contributed by atoms with Gasteiger partial charge in [0.1, 0.15) is 5.82 Å². The van der Waals surface area contributed by atoms with Crippen molar-refractivity contribution in [3.8, 4) is 0 Å². The molecule has 2 aromatic rings. The molecule has 78 valence electrons. The van der Waals surface area contributed by atoms with Crippen LogP contribution in [0.4, 0.5) is 5.82 Å². The van der Waals surface area contributed by atoms with Gasteiger partial charge in [-0.25, -0.2) is 0 Å². The van der Waals surface area contributed by atoms with Gasteiger partial charge < -0.3 is 5.32 Å². The molecule has 2 rings (SSSR count). The van der Waals surface area contributed by atoms with E-state index in [9.17, 15) is 0 Å². The first kappa shape index (κ1) is 9.71. The number of aromatic nitrogens is 3. The van der Waals surface area contributed by atoms with Gasteiger partial charge in [0.15, 0.2) is 0 Å². The first-order valence-electron chi connectivity index (χ1n) is 4.89. The highest BCUT2D eigenvalue weighted by Gasteiger charge is 1.99. The topological polar surface area (TPSA) is 42.7 Å². The van der Waals surface area contributed by atoms with Crippen LogP contribution < -0.4 is 5.32 Å². The highest BCUT2D eigenvalue weighted by Crippen LogP contribution is 2.08. The fourth-order valence-corrected chi connectivity index (χ4v) is 1.38. The summed E-state index contributed by atoms with van der Waals surface area (Å²) in [7, 11) is 1.90. The van der Waals surface area contributed by atoms with Crippen molar-refractivity contribution < 1.29 is 0 Å². The summed E-state index contributed by atoms with van der Waals surface area (Å²) in [6.07, 6.45) is 5.60. The van der Waals surface area contributed by atoms with Gasteiger partial charge in [-0.05, 0) is 24.1 Å². The smallest absolute Gasteiger partial charge is 0.148 e. The first-order valence-corrected chi connectivity index (χ1v) is 4.89. The molecular formula is C11H14N4. The van der Waals surface area contributed by atoms with Crippen molar-refractivity contribution in [2.75, 3.05) is 5.32 Å². The van der Waals surface area contributed by atoms with Crippen molar-refractivity contribution in [3.63, 3.8) is 0 Å². The Kier molecular flexibility index (Phi) is 2.67. The van der Waals surface area contributed by atoms with E-state index in [1.807, 2.05) is 31.6 Å². The molecular weight excluding hydrogens is 188 g/mol. The van der Waals surface area contributed by atoms with Crippen LogP contribution in [0.2, 0.25) is 0 Å². The number of nitrogens with one attached hydrogen (secondary N) is 1. The van der Waals surface area contributed by atoms with Gasteiger partial charge in [0, 0.05) is 38.2 Å². The second-order valence-corrected chi connectivity index (χ2v) is 3.53. The molecule has 2 heterocycles. The molecule has 0 bridgehead atoms. The summed E-state index contributed by atoms with van der Waals surface area (Å²) in [5.41, 5.74) is 2.44. The Hall–Kier alpha value is -1.84. The normalized spacial score (nSPS) is 10.3. The average Bonchev–Trinajstić information content (AvgIpc) is 2.63. The monoisotopic (exact) mass is 202 g/mol. The molecule has 0 spiro atoms. The van der Waals surface area contributed by atoms with E-state index >= 15 is 0 Å². The molecule has 0 unspecified atom stereocenters. The van der Waals surface area contributed by atoms with Gasteiger partial charge in [0.05, 0.1) is 0 Å². The lowest BCUT2D eigenvalue weighted by atomic mass is 10.2. The minimum atomic E-state index is 0.761. The summed E-state index contributed by atoms with van der Waals surface area (Å²) < 4.78 is 1.78. The zero-order valence-corrected chi connectivity index (χ0v) is 8.94. The molecule has 0 radical (unpaired) electrons. The number of anilines is 1. The molecule has 0 saturated heterocycles. The lowest BCUT2D eigenvalue weighted by molar-refractivity contribution is 0.768. The number of hydrogen-bond donors (Lipinski definition) is 1. The Morgan fingerprint density at radius 1 is 1.40 bits per heavy atom. The van der Waals surface area contributed by atoms with Gasteiger partial charge in [0.2, 0.25) is 0 Å². The third kappa shape index (κ3) is 2.34. The predicted molar refractivity (Wildman–Crippen MR) is 59.5 cm³/mol. The van der Waals surface area contributed by atoms with Gasteiger partial charge in [-0.3, -0.25) is 9.67 Å². The Bertz CT molecular complexity index is 447. The molecule has 0 amide bonds. The van der Waals surface area contributed by atoms with Crippen LogP contribution in [0.25, 0.3) is 0 Å². The molecule has 1 N–H and O–H groups in total. The van der Waals surface area contributed by atoms with Crippen LogP contribution in [0.5, 0.6) is 0 Å². The van der Waals surface area contributed by atoms with Crippen molar-refractivity contribution in [2.45, 2.75) is 13.5 Å². The van der Waals surface area contributed by atoms with E-state index in [1.165, 1.54) is 11.1 Å². The SMILES string of the molecule is Cc1ccncc1CNc1ccn(C)n1. The van der Waals surface area contributed by atoms with Crippen molar-refractivity contribution in [2.24, 2.45) is 7.05 Å². The molecule has 0 aliphatic heterocycles. The van der Waals surface area contributed by atoms with Crippen LogP contribution in [-0.4, -0.2) is 14.8 Å². The van der Waals surface area contributed by atoms with Crippen molar-refractivity contribution in [3.05, 3.63) is 41.9 Å². The molecule has 0 atom stereocenters. The molecule has 4 nitrogen and oxygen atoms in total. The largest absolute Gasteiger partial charge is 0.364 e. The zero-order valence-electron chi connectivity index (χ0n) is 8.94. The summed E-state index contributed by atoms with van der Waals surface area (Å²) in [6, 6.07) is 3.96. The van der Waals surface area contributed by atoms with E-state index in [2.05, 4.69) is 22.3 Å². The number of nitrogens with zero attached hydrogens (tertiary/aromatic N) is 3. The Balaban J connectivity index is 2.02. The minimum Gasteiger partial charge on any atom is -0.364 e. The lowest BCUT2D eigenvalue weighted by Gasteiger charge is -2.05. The molecule has 0 aliphatic rings. The van der Waals surface area contributed by atoms with Crippen LogP contribution in [0.15, 0.2) is 30.7 Å². The summed E-state index contributed by atoms with van der Waals surface area (Å²) in [6.45, 7) is 2.84. The molecule has 2 aromatic heterocycles. The van der Waals surface area contributed by atoms with Gasteiger partial charge in [-0.1, -0.05) is 0 Å². The van der Waals surface area contributed by atoms with Crippen LogP contribution in [0.3, 0.4) is 0 Å². The zero-order chi connectivity index (χ0) is 10.7. The first-order chi connectivity index (χ1) is 7.25. The maximum atomic E-state index is 4.24. The summed E-state index contributed by atoms with van der Waals surface area (Å²) in [5, 5.41) is 7.49. The minimum absolute atomic E-state index is 0.761. The summed E-state index contributed by atoms with van der Waals surface area (Å²) in [5.74, 6) is 0.890. The third-order valence-corrected chi connectivity index (χ3v) is 2.32. The second-order valence-electron chi connectivity index (χ2n) is 3.53. The van der Waals surface area contributed by atoms with E-state index in [-0.39, 0.29) is 0 Å². The Morgan fingerprint density at radius 3 is 2.93 bits per heavy atom. The van der Waals surface area contributed by atoms with Crippen molar-refractivity contribution >= 4 is 5.82 Å². The predicted octanol–water partition coefficient (Wildman–Crippen LogP) is 1.74. The van der Waals surface area contributed by atoms with E-state index < -0.39 is 0 Å². The van der Waals surface area contributed by atoms with Crippen LogP contribution in [-0.2, 0) is 13.6 Å². The van der Waals surface area contributed by atoms with Crippen LogP contribution in [0, 0.1) is 6.92 Å². The maximum Gasteiger partial charge on any atom is 0.148 e. The molecule has 0 fully saturated rings. The molecule has 4 heteroatoms. The number of aryl methyl sites for hydroxylation is 2. The summed E-state index contributed by atoms with van der Waals surface area (Å²) >= 11 is 0. The average molecular weight is 202 g/mol. The molecule has 0 aromatic carbocycles. The van der Waals surface area contributed by atoms with E-state index in [0.29, 0.717) is 0 Å². The van der Waals surface area contributed by atoms with E-state index in [1.54, 1.807) is 10.9 Å². The standard InChI is InChI=1S/C11H14N4/c1-9-3-5-12-7-10(9)8-13-11-4-6-15(2)14-11/h3-7H,8H2,1-2H3,(H,13,14). The van der Waals surface area contributed by atoms with Crippen molar-refractivity contribution in [1.29, 1.82) is 0 Å². The Morgan fingerprint density at radius 2 is 2.27 bits per heavy atom. The van der Waals surface area contributed by atoms with Crippen molar-refractivity contribution in [1.82, 2.24) is 14.8 Å². The van der Waals surface area contributed by atoms with E-state index in [0.717, 1.165) is 12.4 Å². The molecule has 15 heavy (non-hydrogen) atoms. The Labute approximate surface area is 89.0 Å². The lowest BCUT2D eigenvalue weighted by Crippen LogP contribution is -2.02. The van der Waals surface area contributed by atoms with Crippen LogP contribution >= 0.6 is 0 Å². The summed E-state index contributed by atoms with van der Waals surface area (Å²) in [4.78, 5) is 4.10. The molecule has 0 saturated carbocycles. The second kappa shape index (κ2) is 4.13. The number of hydrogen-bond acceptors (Lipinski definition) is 3. The van der Waals surface area contributed by atoms with Gasteiger partial charge in [0.25, 0.3) is 0 Å². The highest BCUT2D eigenvalue weighted by molar-refractivity contribution is 5.34. The quantitative estimate of drug-likeness (QED) is 0.824. The third-order valence-electron chi connectivity index (χ3n) is 2.32. The maximum absolute atomic E-state index is 4.24. The van der Waals surface area contributed by atoms with Crippen LogP contribution in [0.1, 0.15) is 11.1 Å². The number of pyridine rings is 1. The van der Waals surface area contributed by atoms with E-state index in [4.69, 9.17) is 0 Å². The fourth-order valence-electron chi connectivity index (χ4n) is 1.38.